The maximum absolute atomic E-state index is 8.90. The van der Waals surface area contributed by atoms with Crippen LogP contribution in [0, 0.1) is 11.3 Å². The molecule has 1 N–H and O–H groups in total. The standard InChI is InChI=1S/C11H10Cl2N3S/c1-16(6-5-14)10(7-15-17-16)11-8(12)3-2-4-9(11)13/h2-4,7,15H,6H2,1H3/q+1. The first-order valence-corrected chi connectivity index (χ1v) is 6.43. The van der Waals surface area contributed by atoms with Crippen molar-refractivity contribution < 1.29 is 3.89 Å². The molecule has 1 atom stereocenters. The molecule has 0 amide bonds. The van der Waals surface area contributed by atoms with Gasteiger partial charge in [-0.15, -0.1) is 0 Å². The molecule has 88 valence electrons. The second-order valence-electron chi connectivity index (χ2n) is 3.75. The molecule has 0 bridgehead atoms. The van der Waals surface area contributed by atoms with E-state index in [4.69, 9.17) is 28.5 Å². The summed E-state index contributed by atoms with van der Waals surface area (Å²) in [6, 6.07) is 7.57. The molecule has 1 aliphatic heterocycles. The molecule has 0 saturated heterocycles. The van der Waals surface area contributed by atoms with E-state index in [9.17, 15) is 0 Å². The topological polar surface area (TPSA) is 35.8 Å². The number of nitrogens with one attached hydrogen (secondary N) is 1. The van der Waals surface area contributed by atoms with Crippen LogP contribution >= 0.6 is 35.3 Å². The molecular formula is C11H10Cl2N3S+. The van der Waals surface area contributed by atoms with E-state index in [-0.39, 0.29) is 0 Å². The Hall–Kier alpha value is -0.860. The highest BCUT2D eigenvalue weighted by atomic mass is 35.5. The number of halogens is 2. The fourth-order valence-electron chi connectivity index (χ4n) is 1.69. The third kappa shape index (κ3) is 2.24. The Kier molecular flexibility index (Phi) is 3.55. The lowest BCUT2D eigenvalue weighted by Gasteiger charge is -2.25. The third-order valence-corrected chi connectivity index (χ3v) is 4.13. The van der Waals surface area contributed by atoms with E-state index >= 15 is 0 Å². The van der Waals surface area contributed by atoms with Gasteiger partial charge in [-0.1, -0.05) is 29.3 Å². The lowest BCUT2D eigenvalue weighted by atomic mass is 10.1. The predicted octanol–water partition coefficient (Wildman–Crippen LogP) is 3.43. The fourth-order valence-corrected chi connectivity index (χ4v) is 3.04. The average molecular weight is 287 g/mol. The van der Waals surface area contributed by atoms with E-state index in [2.05, 4.69) is 10.8 Å². The Labute approximate surface area is 114 Å². The summed E-state index contributed by atoms with van der Waals surface area (Å²) in [5.41, 5.74) is 1.69. The molecule has 1 heterocycles. The molecule has 0 saturated carbocycles. The van der Waals surface area contributed by atoms with Crippen molar-refractivity contribution in [3.63, 3.8) is 0 Å². The molecule has 0 radical (unpaired) electrons. The van der Waals surface area contributed by atoms with Gasteiger partial charge < -0.3 is 0 Å². The van der Waals surface area contributed by atoms with E-state index in [1.807, 2.05) is 13.2 Å². The van der Waals surface area contributed by atoms with Crippen molar-refractivity contribution in [2.75, 3.05) is 13.6 Å². The predicted molar refractivity (Wildman–Crippen MR) is 71.8 cm³/mol. The van der Waals surface area contributed by atoms with Crippen LogP contribution in [0.25, 0.3) is 5.70 Å². The summed E-state index contributed by atoms with van der Waals surface area (Å²) in [6.45, 7) is 0.338. The molecule has 0 spiro atoms. The van der Waals surface area contributed by atoms with Crippen LogP contribution in [0.3, 0.4) is 0 Å². The number of nitriles is 1. The highest BCUT2D eigenvalue weighted by molar-refractivity contribution is 7.92. The molecule has 0 fully saturated rings. The smallest absolute Gasteiger partial charge is 0.204 e. The first-order chi connectivity index (χ1) is 8.08. The Balaban J connectivity index is 2.51. The summed E-state index contributed by atoms with van der Waals surface area (Å²) in [6.07, 6.45) is 1.84. The fraction of sp³-hybridized carbons (Fsp3) is 0.182. The quantitative estimate of drug-likeness (QED) is 0.514. The summed E-state index contributed by atoms with van der Waals surface area (Å²) < 4.78 is 3.45. The highest BCUT2D eigenvalue weighted by Gasteiger charge is 2.37. The van der Waals surface area contributed by atoms with Crippen molar-refractivity contribution in [2.24, 2.45) is 0 Å². The molecule has 0 aromatic heterocycles. The molecule has 0 aliphatic carbocycles. The van der Waals surface area contributed by atoms with E-state index in [0.717, 1.165) is 11.3 Å². The van der Waals surface area contributed by atoms with Gasteiger partial charge in [-0.2, -0.15) is 9.15 Å². The molecule has 1 aromatic carbocycles. The van der Waals surface area contributed by atoms with Crippen LogP contribution in [0.1, 0.15) is 5.56 Å². The van der Waals surface area contributed by atoms with E-state index in [1.165, 1.54) is 12.1 Å². The summed E-state index contributed by atoms with van der Waals surface area (Å²) in [7, 11) is 1.94. The normalized spacial score (nSPS) is 22.8. The third-order valence-electron chi connectivity index (χ3n) is 2.55. The minimum absolute atomic E-state index is 0.338. The van der Waals surface area contributed by atoms with Crippen molar-refractivity contribution in [1.29, 1.82) is 5.26 Å². The molecule has 2 rings (SSSR count). The molecule has 1 aromatic rings. The lowest BCUT2D eigenvalue weighted by molar-refractivity contribution is -0.682. The van der Waals surface area contributed by atoms with Gasteiger partial charge in [0.2, 0.25) is 12.1 Å². The molecule has 1 unspecified atom stereocenters. The number of hydrogen-bond donors (Lipinski definition) is 1. The van der Waals surface area contributed by atoms with E-state index in [1.54, 1.807) is 18.2 Å². The maximum Gasteiger partial charge on any atom is 0.204 e. The Bertz CT molecular complexity index is 504. The average Bonchev–Trinajstić information content (AvgIpc) is 2.61. The highest BCUT2D eigenvalue weighted by Crippen LogP contribution is 2.42. The van der Waals surface area contributed by atoms with Gasteiger partial charge in [0.15, 0.2) is 12.2 Å². The van der Waals surface area contributed by atoms with Crippen molar-refractivity contribution in [3.8, 4) is 6.07 Å². The van der Waals surface area contributed by atoms with E-state index in [0.29, 0.717) is 20.5 Å². The monoisotopic (exact) mass is 286 g/mol. The van der Waals surface area contributed by atoms with Gasteiger partial charge in [-0.3, -0.25) is 4.72 Å². The van der Waals surface area contributed by atoms with Gasteiger partial charge in [-0.05, 0) is 12.1 Å². The van der Waals surface area contributed by atoms with Gasteiger partial charge in [0.1, 0.15) is 6.07 Å². The van der Waals surface area contributed by atoms with E-state index < -0.39 is 0 Å². The summed E-state index contributed by atoms with van der Waals surface area (Å²) in [5, 5.41) is 10.1. The molecule has 6 heteroatoms. The minimum atomic E-state index is 0.338. The molecule has 1 aliphatic rings. The Morgan fingerprint density at radius 2 is 2.06 bits per heavy atom. The first-order valence-electron chi connectivity index (χ1n) is 4.90. The van der Waals surface area contributed by atoms with Crippen LogP contribution in [0.15, 0.2) is 24.4 Å². The maximum atomic E-state index is 8.90. The summed E-state index contributed by atoms with van der Waals surface area (Å²) >= 11 is 13.8. The number of hydrogen-bond acceptors (Lipinski definition) is 3. The van der Waals surface area contributed by atoms with Crippen molar-refractivity contribution in [2.45, 2.75) is 0 Å². The number of rotatable bonds is 2. The summed E-state index contributed by atoms with van der Waals surface area (Å²) in [5.74, 6) is 0. The van der Waals surface area contributed by atoms with Gasteiger partial charge in [-0.25, -0.2) is 0 Å². The van der Waals surface area contributed by atoms with Crippen LogP contribution in [-0.4, -0.2) is 17.5 Å². The zero-order valence-corrected chi connectivity index (χ0v) is 11.4. The largest absolute Gasteiger partial charge is 0.282 e. The van der Waals surface area contributed by atoms with Crippen LogP contribution in [0.2, 0.25) is 10.0 Å². The van der Waals surface area contributed by atoms with Crippen LogP contribution in [0.5, 0.6) is 0 Å². The zero-order chi connectivity index (χ0) is 12.5. The number of benzene rings is 1. The number of quaternary nitrogens is 1. The van der Waals surface area contributed by atoms with Crippen LogP contribution in [-0.2, 0) is 0 Å². The Morgan fingerprint density at radius 3 is 2.65 bits per heavy atom. The van der Waals surface area contributed by atoms with Gasteiger partial charge >= 0.3 is 0 Å². The van der Waals surface area contributed by atoms with Crippen molar-refractivity contribution in [1.82, 2.24) is 4.72 Å². The number of nitrogens with zero attached hydrogens (tertiary/aromatic N) is 2. The molecule has 3 nitrogen and oxygen atoms in total. The van der Waals surface area contributed by atoms with Gasteiger partial charge in [0.05, 0.1) is 28.9 Å². The second-order valence-corrected chi connectivity index (χ2v) is 5.79. The SMILES string of the molecule is C[N+]1(CC#N)SNC=C1c1c(Cl)cccc1Cl. The Morgan fingerprint density at radius 1 is 1.41 bits per heavy atom. The second kappa shape index (κ2) is 4.79. The van der Waals surface area contributed by atoms with Crippen molar-refractivity contribution in [3.05, 3.63) is 40.0 Å². The molecular weight excluding hydrogens is 277 g/mol. The lowest BCUT2D eigenvalue weighted by Crippen LogP contribution is -2.33. The van der Waals surface area contributed by atoms with Crippen molar-refractivity contribution >= 4 is 41.0 Å². The van der Waals surface area contributed by atoms with Crippen LogP contribution < -0.4 is 4.72 Å². The summed E-state index contributed by atoms with van der Waals surface area (Å²) in [4.78, 5) is 0. The van der Waals surface area contributed by atoms with Gasteiger partial charge in [0.25, 0.3) is 0 Å². The van der Waals surface area contributed by atoms with Crippen LogP contribution in [0.4, 0.5) is 0 Å². The van der Waals surface area contributed by atoms with Gasteiger partial charge in [0, 0.05) is 0 Å². The first kappa shape index (κ1) is 12.6. The minimum Gasteiger partial charge on any atom is -0.282 e. The molecule has 17 heavy (non-hydrogen) atoms. The zero-order valence-electron chi connectivity index (χ0n) is 9.08.